The maximum absolute atomic E-state index is 12.6. The first-order valence-corrected chi connectivity index (χ1v) is 8.53. The average Bonchev–Trinajstić information content (AvgIpc) is 2.49. The number of likely N-dealkylation sites (tertiary alicyclic amines) is 1. The maximum Gasteiger partial charge on any atom is 0.144 e. The number of rotatable bonds is 5. The number of aliphatic hydroxyl groups is 1. The number of halogens is 2. The first-order valence-electron chi connectivity index (χ1n) is 7.77. The smallest absolute Gasteiger partial charge is 0.144 e. The third-order valence-electron chi connectivity index (χ3n) is 4.26. The number of piperidine rings is 1. The molecule has 1 saturated heterocycles. The molecule has 1 N–H and O–H groups in total. The molecule has 3 nitrogen and oxygen atoms in total. The summed E-state index contributed by atoms with van der Waals surface area (Å²) in [6.07, 6.45) is 1.33. The molecule has 0 bridgehead atoms. The van der Waals surface area contributed by atoms with Crippen molar-refractivity contribution in [2.24, 2.45) is 5.92 Å². The van der Waals surface area contributed by atoms with Crippen LogP contribution in [0.3, 0.4) is 0 Å². The molecule has 2 rings (SSSR count). The number of carbonyl (C=O) groups excluding carboxylic acids is 1. The van der Waals surface area contributed by atoms with Crippen LogP contribution in [0.15, 0.2) is 18.2 Å². The number of hydrogen-bond donors (Lipinski definition) is 1. The maximum atomic E-state index is 12.6. The van der Waals surface area contributed by atoms with Crippen LogP contribution < -0.4 is 0 Å². The van der Waals surface area contributed by atoms with E-state index < -0.39 is 0 Å². The van der Waals surface area contributed by atoms with E-state index in [0.717, 1.165) is 31.5 Å². The molecule has 0 aromatic heterocycles. The van der Waals surface area contributed by atoms with Gasteiger partial charge in [0.05, 0.1) is 22.1 Å². The molecule has 0 saturated carbocycles. The SMILES string of the molecule is CC(C)C(=O)[C@@H](CN1CCC(O)CC1)c1ccc(Cl)c(Cl)c1. The molecule has 0 spiro atoms. The molecular weight excluding hydrogens is 321 g/mol. The number of hydrogen-bond acceptors (Lipinski definition) is 3. The second kappa shape index (κ2) is 7.78. The number of ketones is 1. The monoisotopic (exact) mass is 343 g/mol. The van der Waals surface area contributed by atoms with Gasteiger partial charge in [0.1, 0.15) is 5.78 Å². The first-order chi connectivity index (χ1) is 10.4. The molecule has 0 unspecified atom stereocenters. The number of benzene rings is 1. The molecule has 1 fully saturated rings. The van der Waals surface area contributed by atoms with Crippen LogP contribution in [0.5, 0.6) is 0 Å². The van der Waals surface area contributed by atoms with E-state index in [4.69, 9.17) is 23.2 Å². The van der Waals surface area contributed by atoms with Gasteiger partial charge >= 0.3 is 0 Å². The van der Waals surface area contributed by atoms with Gasteiger partial charge in [-0.1, -0.05) is 43.1 Å². The molecule has 5 heteroatoms. The van der Waals surface area contributed by atoms with Gasteiger partial charge in [-0.3, -0.25) is 4.79 Å². The van der Waals surface area contributed by atoms with Crippen LogP contribution in [-0.4, -0.2) is 41.5 Å². The number of nitrogens with zero attached hydrogens (tertiary/aromatic N) is 1. The zero-order valence-electron chi connectivity index (χ0n) is 13.1. The van der Waals surface area contributed by atoms with E-state index >= 15 is 0 Å². The highest BCUT2D eigenvalue weighted by Crippen LogP contribution is 2.29. The first kappa shape index (κ1) is 17.7. The fourth-order valence-electron chi connectivity index (χ4n) is 2.85. The summed E-state index contributed by atoms with van der Waals surface area (Å²) < 4.78 is 0. The van der Waals surface area contributed by atoms with Crippen molar-refractivity contribution >= 4 is 29.0 Å². The molecule has 1 heterocycles. The van der Waals surface area contributed by atoms with Crippen molar-refractivity contribution in [2.45, 2.75) is 38.7 Å². The van der Waals surface area contributed by atoms with Crippen molar-refractivity contribution in [1.29, 1.82) is 0 Å². The number of Topliss-reactive ketones (excluding diaryl/α,β-unsaturated/α-hetero) is 1. The Morgan fingerprint density at radius 3 is 2.45 bits per heavy atom. The molecule has 1 aromatic carbocycles. The molecule has 1 aromatic rings. The highest BCUT2D eigenvalue weighted by atomic mass is 35.5. The summed E-state index contributed by atoms with van der Waals surface area (Å²) in [5.74, 6) is -0.0237. The van der Waals surface area contributed by atoms with Crippen molar-refractivity contribution in [1.82, 2.24) is 4.90 Å². The normalized spacial score (nSPS) is 18.6. The van der Waals surface area contributed by atoms with E-state index in [-0.39, 0.29) is 23.7 Å². The topological polar surface area (TPSA) is 40.5 Å². The highest BCUT2D eigenvalue weighted by Gasteiger charge is 2.27. The van der Waals surface area contributed by atoms with Crippen LogP contribution in [0.1, 0.15) is 38.2 Å². The van der Waals surface area contributed by atoms with Crippen LogP contribution >= 0.6 is 23.2 Å². The minimum atomic E-state index is -0.208. The Labute approximate surface area is 142 Å². The van der Waals surface area contributed by atoms with Crippen LogP contribution in [0, 0.1) is 5.92 Å². The minimum absolute atomic E-state index is 0.0326. The lowest BCUT2D eigenvalue weighted by molar-refractivity contribution is -0.124. The van der Waals surface area contributed by atoms with Crippen molar-refractivity contribution < 1.29 is 9.90 Å². The van der Waals surface area contributed by atoms with E-state index in [1.54, 1.807) is 12.1 Å². The van der Waals surface area contributed by atoms with E-state index in [1.165, 1.54) is 0 Å². The molecule has 1 aliphatic rings. The molecular formula is C17H23Cl2NO2. The van der Waals surface area contributed by atoms with Crippen molar-refractivity contribution in [2.75, 3.05) is 19.6 Å². The quantitative estimate of drug-likeness (QED) is 0.884. The van der Waals surface area contributed by atoms with Gasteiger partial charge in [-0.05, 0) is 30.5 Å². The third kappa shape index (κ3) is 4.45. The van der Waals surface area contributed by atoms with Gasteiger partial charge in [0, 0.05) is 25.6 Å². The van der Waals surface area contributed by atoms with Crippen molar-refractivity contribution in [3.63, 3.8) is 0 Å². The zero-order valence-corrected chi connectivity index (χ0v) is 14.6. The number of carbonyl (C=O) groups is 1. The average molecular weight is 344 g/mol. The van der Waals surface area contributed by atoms with Gasteiger partial charge < -0.3 is 10.0 Å². The fourth-order valence-corrected chi connectivity index (χ4v) is 3.16. The lowest BCUT2D eigenvalue weighted by atomic mass is 9.88. The standard InChI is InChI=1S/C17H23Cl2NO2/c1-11(2)17(22)14(10-20-7-5-13(21)6-8-20)12-3-4-15(18)16(19)9-12/h3-4,9,11,13-14,21H,5-8,10H2,1-2H3/t14-/m0/s1. The molecule has 122 valence electrons. The minimum Gasteiger partial charge on any atom is -0.393 e. The lowest BCUT2D eigenvalue weighted by Gasteiger charge is -2.32. The summed E-state index contributed by atoms with van der Waals surface area (Å²) in [7, 11) is 0. The van der Waals surface area contributed by atoms with Crippen LogP contribution in [-0.2, 0) is 4.79 Å². The van der Waals surface area contributed by atoms with E-state index in [2.05, 4.69) is 4.90 Å². The number of aliphatic hydroxyl groups excluding tert-OH is 1. The van der Waals surface area contributed by atoms with E-state index in [1.807, 2.05) is 19.9 Å². The third-order valence-corrected chi connectivity index (χ3v) is 5.00. The van der Waals surface area contributed by atoms with Gasteiger partial charge in [-0.2, -0.15) is 0 Å². The molecule has 0 amide bonds. The van der Waals surface area contributed by atoms with Gasteiger partial charge in [-0.25, -0.2) is 0 Å². The Hall–Kier alpha value is -0.610. The fraction of sp³-hybridized carbons (Fsp3) is 0.588. The molecule has 0 radical (unpaired) electrons. The second-order valence-electron chi connectivity index (χ2n) is 6.31. The summed E-state index contributed by atoms with van der Waals surface area (Å²) in [4.78, 5) is 14.9. The molecule has 1 atom stereocenters. The Morgan fingerprint density at radius 2 is 1.91 bits per heavy atom. The summed E-state index contributed by atoms with van der Waals surface area (Å²) in [6, 6.07) is 5.44. The highest BCUT2D eigenvalue weighted by molar-refractivity contribution is 6.42. The van der Waals surface area contributed by atoms with Gasteiger partial charge in [0.15, 0.2) is 0 Å². The summed E-state index contributed by atoms with van der Waals surface area (Å²) in [5, 5.41) is 10.6. The summed E-state index contributed by atoms with van der Waals surface area (Å²) in [6.45, 7) is 6.16. The predicted molar refractivity (Wildman–Crippen MR) is 90.7 cm³/mol. The largest absolute Gasteiger partial charge is 0.393 e. The van der Waals surface area contributed by atoms with Crippen molar-refractivity contribution in [3.8, 4) is 0 Å². The van der Waals surface area contributed by atoms with Gasteiger partial charge in [-0.15, -0.1) is 0 Å². The van der Waals surface area contributed by atoms with Crippen LogP contribution in [0.4, 0.5) is 0 Å². The Kier molecular flexibility index (Phi) is 6.27. The lowest BCUT2D eigenvalue weighted by Crippen LogP contribution is -2.40. The molecule has 1 aliphatic heterocycles. The molecule has 0 aliphatic carbocycles. The van der Waals surface area contributed by atoms with Crippen LogP contribution in [0.25, 0.3) is 0 Å². The summed E-state index contributed by atoms with van der Waals surface area (Å²) in [5.41, 5.74) is 0.916. The molecule has 22 heavy (non-hydrogen) atoms. The Morgan fingerprint density at radius 1 is 1.27 bits per heavy atom. The second-order valence-corrected chi connectivity index (χ2v) is 7.13. The summed E-state index contributed by atoms with van der Waals surface area (Å²) >= 11 is 12.1. The van der Waals surface area contributed by atoms with E-state index in [0.29, 0.717) is 16.6 Å². The Bertz CT molecular complexity index is 525. The zero-order chi connectivity index (χ0) is 16.3. The van der Waals surface area contributed by atoms with Crippen LogP contribution in [0.2, 0.25) is 10.0 Å². The van der Waals surface area contributed by atoms with Crippen molar-refractivity contribution in [3.05, 3.63) is 33.8 Å². The van der Waals surface area contributed by atoms with Gasteiger partial charge in [0.25, 0.3) is 0 Å². The Balaban J connectivity index is 2.19. The van der Waals surface area contributed by atoms with E-state index in [9.17, 15) is 9.90 Å². The van der Waals surface area contributed by atoms with Gasteiger partial charge in [0.2, 0.25) is 0 Å². The predicted octanol–water partition coefficient (Wildman–Crippen LogP) is 3.76.